The second kappa shape index (κ2) is 1.52. The molecule has 1 unspecified atom stereocenters. The molecule has 1 heterocycles. The molecule has 0 saturated carbocycles. The third-order valence-electron chi connectivity index (χ3n) is 0.597. The van der Waals surface area contributed by atoms with Gasteiger partial charge in [0, 0.05) is 0 Å². The van der Waals surface area contributed by atoms with Crippen LogP contribution in [0.5, 0.6) is 0 Å². The van der Waals surface area contributed by atoms with Gasteiger partial charge in [0.1, 0.15) is 0 Å². The Kier molecular flexibility index (Phi) is 1.01. The Hall–Kier alpha value is -0.170. The van der Waals surface area contributed by atoms with Gasteiger partial charge in [-0.25, -0.2) is 0 Å². The number of hydroxylamine groups is 1. The second-order valence-electron chi connectivity index (χ2n) is 1.08. The van der Waals surface area contributed by atoms with Crippen molar-refractivity contribution in [3.8, 4) is 0 Å². The quantitative estimate of drug-likeness (QED) is 0.251. The average Bonchev–Trinajstić information content (AvgIpc) is 1.86. The van der Waals surface area contributed by atoms with E-state index in [0.29, 0.717) is 15.3 Å². The molecular formula is C2H5N2OP. The highest BCUT2D eigenvalue weighted by Gasteiger charge is 2.02. The first-order chi connectivity index (χ1) is 2.89. The van der Waals surface area contributed by atoms with Crippen molar-refractivity contribution in [2.75, 3.05) is 12.7 Å². The van der Waals surface area contributed by atoms with Crippen LogP contribution in [-0.4, -0.2) is 17.6 Å². The molecule has 4 heteroatoms. The van der Waals surface area contributed by atoms with Crippen LogP contribution in [0.2, 0.25) is 0 Å². The first-order valence-corrected chi connectivity index (χ1v) is 2.93. The highest BCUT2D eigenvalue weighted by atomic mass is 31.1. The average molecular weight is 104 g/mol. The summed E-state index contributed by atoms with van der Waals surface area (Å²) in [7, 11) is 0.527. The topological polar surface area (TPSA) is 38.4 Å². The van der Waals surface area contributed by atoms with Gasteiger partial charge in [0.15, 0.2) is 6.54 Å². The number of hydrogen-bond acceptors (Lipinski definition) is 2. The van der Waals surface area contributed by atoms with Crippen LogP contribution >= 0.6 is 8.73 Å². The Morgan fingerprint density at radius 2 is 2.67 bits per heavy atom. The second-order valence-corrected chi connectivity index (χ2v) is 2.10. The third kappa shape index (κ3) is 0.658. The molecule has 0 aromatic rings. The predicted molar refractivity (Wildman–Crippen MR) is 24.1 cm³/mol. The summed E-state index contributed by atoms with van der Waals surface area (Å²) in [5.74, 6) is 0. The van der Waals surface area contributed by atoms with Gasteiger partial charge in [-0.15, -0.1) is 0 Å². The van der Waals surface area contributed by atoms with E-state index in [-0.39, 0.29) is 0 Å². The molecule has 3 nitrogen and oxygen atoms in total. The summed E-state index contributed by atoms with van der Waals surface area (Å²) in [4.78, 5) is 4.29. The van der Waals surface area contributed by atoms with E-state index in [1.54, 1.807) is 0 Å². The van der Waals surface area contributed by atoms with E-state index in [1.807, 2.05) is 0 Å². The Balaban J connectivity index is 2.45. The lowest BCUT2D eigenvalue weighted by Crippen LogP contribution is -1.95. The minimum absolute atomic E-state index is 0.527. The van der Waals surface area contributed by atoms with Crippen LogP contribution in [-0.2, 0) is 0 Å². The van der Waals surface area contributed by atoms with E-state index in [2.05, 4.69) is 4.88 Å². The maximum absolute atomic E-state index is 10.0. The lowest BCUT2D eigenvalue weighted by atomic mass is 10.8. The Bertz CT molecular complexity index is 81.6. The van der Waals surface area contributed by atoms with Crippen molar-refractivity contribution in [2.24, 2.45) is 4.88 Å². The van der Waals surface area contributed by atoms with Gasteiger partial charge in [-0.05, 0) is 4.88 Å². The molecule has 0 amide bonds. The molecule has 6 heavy (non-hydrogen) atoms. The van der Waals surface area contributed by atoms with Crippen LogP contribution in [0.15, 0.2) is 4.88 Å². The molecule has 0 fully saturated rings. The maximum Gasteiger partial charge on any atom is 0.186 e. The number of rotatable bonds is 0. The van der Waals surface area contributed by atoms with E-state index in [4.69, 9.17) is 0 Å². The fraction of sp³-hybridized carbons (Fsp3) is 1.00. The normalized spacial score (nSPS) is 25.0. The molecule has 0 spiro atoms. The van der Waals surface area contributed by atoms with E-state index in [9.17, 15) is 5.21 Å². The van der Waals surface area contributed by atoms with Crippen molar-refractivity contribution < 1.29 is 4.86 Å². The minimum atomic E-state index is 0.527. The summed E-state index contributed by atoms with van der Waals surface area (Å²) < 4.78 is 0. The summed E-state index contributed by atoms with van der Waals surface area (Å²) in [6.07, 6.45) is 0.962. The molecule has 0 aromatic heterocycles. The predicted octanol–water partition coefficient (Wildman–Crippen LogP) is 0.556. The minimum Gasteiger partial charge on any atom is -0.600 e. The van der Waals surface area contributed by atoms with E-state index in [0.717, 1.165) is 11.0 Å². The summed E-state index contributed by atoms with van der Waals surface area (Å²) in [5.41, 5.74) is 0. The fourth-order valence-corrected chi connectivity index (χ4v) is 0.974. The van der Waals surface area contributed by atoms with Crippen molar-refractivity contribution in [3.63, 3.8) is 0 Å². The monoisotopic (exact) mass is 104 g/mol. The van der Waals surface area contributed by atoms with E-state index in [1.165, 1.54) is 0 Å². The molecule has 1 aliphatic rings. The van der Waals surface area contributed by atoms with Gasteiger partial charge in [-0.2, -0.15) is 0 Å². The zero-order chi connectivity index (χ0) is 4.41. The molecule has 0 N–H and O–H groups in total. The Morgan fingerprint density at radius 3 is 2.83 bits per heavy atom. The molecule has 0 saturated heterocycles. The first kappa shape index (κ1) is 4.00. The van der Waals surface area contributed by atoms with Crippen LogP contribution in [0.4, 0.5) is 0 Å². The van der Waals surface area contributed by atoms with Gasteiger partial charge in [0.25, 0.3) is 0 Å². The van der Waals surface area contributed by atoms with Crippen molar-refractivity contribution in [1.29, 1.82) is 0 Å². The lowest BCUT2D eigenvalue weighted by molar-refractivity contribution is -0.509. The van der Waals surface area contributed by atoms with Crippen LogP contribution in [0.3, 0.4) is 0 Å². The fourth-order valence-electron chi connectivity index (χ4n) is 0.325. The van der Waals surface area contributed by atoms with E-state index < -0.39 is 0 Å². The highest BCUT2D eigenvalue weighted by Crippen LogP contribution is 2.16. The van der Waals surface area contributed by atoms with Gasteiger partial charge in [0.05, 0.1) is 14.9 Å². The molecule has 34 valence electrons. The largest absolute Gasteiger partial charge is 0.600 e. The van der Waals surface area contributed by atoms with Crippen LogP contribution < -0.4 is 0 Å². The number of hydrogen-bond donors (Lipinski definition) is 0. The smallest absolute Gasteiger partial charge is 0.186 e. The first-order valence-electron chi connectivity index (χ1n) is 1.78. The summed E-state index contributed by atoms with van der Waals surface area (Å²) >= 11 is 0. The van der Waals surface area contributed by atoms with Crippen LogP contribution in [0, 0.1) is 5.21 Å². The Labute approximate surface area is 37.5 Å². The SMILES string of the molecule is [O-][N+]1=NPCC1. The van der Waals surface area contributed by atoms with Gasteiger partial charge in [0.2, 0.25) is 0 Å². The molecular weight excluding hydrogens is 99.0 g/mol. The molecule has 1 rings (SSSR count). The Morgan fingerprint density at radius 1 is 1.83 bits per heavy atom. The molecule has 0 aliphatic carbocycles. The van der Waals surface area contributed by atoms with Crippen molar-refractivity contribution in [1.82, 2.24) is 0 Å². The summed E-state index contributed by atoms with van der Waals surface area (Å²) in [5, 5.41) is 10.0. The van der Waals surface area contributed by atoms with Gasteiger partial charge in [-0.1, -0.05) is 4.86 Å². The van der Waals surface area contributed by atoms with Crippen LogP contribution in [0.25, 0.3) is 0 Å². The third-order valence-corrected chi connectivity index (χ3v) is 1.41. The molecule has 1 atom stereocenters. The van der Waals surface area contributed by atoms with Crippen molar-refractivity contribution in [3.05, 3.63) is 5.21 Å². The van der Waals surface area contributed by atoms with Gasteiger partial charge >= 0.3 is 0 Å². The number of nitrogens with zero attached hydrogens (tertiary/aromatic N) is 2. The molecule has 0 aromatic carbocycles. The molecule has 0 radical (unpaired) electrons. The van der Waals surface area contributed by atoms with Gasteiger partial charge in [-0.3, -0.25) is 0 Å². The maximum atomic E-state index is 10.0. The van der Waals surface area contributed by atoms with Crippen molar-refractivity contribution in [2.45, 2.75) is 0 Å². The van der Waals surface area contributed by atoms with Crippen LogP contribution in [0.1, 0.15) is 0 Å². The molecule has 0 bridgehead atoms. The van der Waals surface area contributed by atoms with Crippen molar-refractivity contribution >= 4 is 8.73 Å². The summed E-state index contributed by atoms with van der Waals surface area (Å²) in [6.45, 7) is 0.610. The standard InChI is InChI=1S/C2H5N2OP/c5-4-1-2-6-3-4/h6H,1-2H2. The summed E-state index contributed by atoms with van der Waals surface area (Å²) in [6, 6.07) is 0. The lowest BCUT2D eigenvalue weighted by Gasteiger charge is -1.84. The zero-order valence-electron chi connectivity index (χ0n) is 3.22. The highest BCUT2D eigenvalue weighted by molar-refractivity contribution is 7.36. The van der Waals surface area contributed by atoms with Gasteiger partial charge < -0.3 is 5.21 Å². The zero-order valence-corrected chi connectivity index (χ0v) is 4.22. The molecule has 1 aliphatic heterocycles. The van der Waals surface area contributed by atoms with E-state index >= 15 is 0 Å².